The summed E-state index contributed by atoms with van der Waals surface area (Å²) in [4.78, 5) is 16.0. The number of nitrogens with zero attached hydrogens (tertiary/aromatic N) is 1. The van der Waals surface area contributed by atoms with E-state index in [0.29, 0.717) is 5.92 Å². The Bertz CT molecular complexity index is 428. The van der Waals surface area contributed by atoms with Crippen LogP contribution in [0.2, 0.25) is 0 Å². The van der Waals surface area contributed by atoms with Gasteiger partial charge in [-0.25, -0.2) is 0 Å². The van der Waals surface area contributed by atoms with Gasteiger partial charge in [-0.2, -0.15) is 0 Å². The number of nitrogens with one attached hydrogen (secondary N) is 1. The van der Waals surface area contributed by atoms with Crippen LogP contribution in [0.4, 0.5) is 0 Å². The highest BCUT2D eigenvalue weighted by Crippen LogP contribution is 2.34. The molecule has 1 aromatic rings. The summed E-state index contributed by atoms with van der Waals surface area (Å²) in [5.74, 6) is 0.837. The van der Waals surface area contributed by atoms with Gasteiger partial charge in [0.1, 0.15) is 6.17 Å². The van der Waals surface area contributed by atoms with Gasteiger partial charge in [-0.05, 0) is 30.7 Å². The molecular weight excluding hydrogens is 268 g/mol. The van der Waals surface area contributed by atoms with E-state index in [1.807, 2.05) is 0 Å². The van der Waals surface area contributed by atoms with E-state index >= 15 is 0 Å². The van der Waals surface area contributed by atoms with Gasteiger partial charge in [-0.15, -0.1) is 11.3 Å². The lowest BCUT2D eigenvalue weighted by Gasteiger charge is -2.34. The van der Waals surface area contributed by atoms with Crippen LogP contribution in [0.5, 0.6) is 0 Å². The molecule has 1 saturated heterocycles. The van der Waals surface area contributed by atoms with Crippen molar-refractivity contribution in [2.45, 2.75) is 65.2 Å². The van der Waals surface area contributed by atoms with Crippen molar-refractivity contribution >= 4 is 17.2 Å². The third-order valence-electron chi connectivity index (χ3n) is 4.58. The van der Waals surface area contributed by atoms with Crippen LogP contribution in [0.25, 0.3) is 0 Å². The predicted molar refractivity (Wildman–Crippen MR) is 84.7 cm³/mol. The van der Waals surface area contributed by atoms with Crippen LogP contribution >= 0.6 is 11.3 Å². The Morgan fingerprint density at radius 3 is 2.55 bits per heavy atom. The van der Waals surface area contributed by atoms with Gasteiger partial charge in [0, 0.05) is 10.9 Å². The standard InChI is InChI=1S/C16H26N2OS/c1-5-12(6-2)11(4)18-15(14-9-8-10-20-14)17-13(7-3)16(18)19/h8-13,15,17H,5-7H2,1-4H3. The fourth-order valence-corrected chi connectivity index (χ4v) is 4.02. The first kappa shape index (κ1) is 15.5. The van der Waals surface area contributed by atoms with Crippen LogP contribution < -0.4 is 5.32 Å². The number of rotatable bonds is 6. The van der Waals surface area contributed by atoms with Crippen molar-refractivity contribution in [3.8, 4) is 0 Å². The maximum Gasteiger partial charge on any atom is 0.241 e. The zero-order valence-electron chi connectivity index (χ0n) is 12.9. The molecule has 1 fully saturated rings. The summed E-state index contributed by atoms with van der Waals surface area (Å²) in [5.41, 5.74) is 0. The molecule has 4 heteroatoms. The molecular formula is C16H26N2OS. The van der Waals surface area contributed by atoms with Gasteiger partial charge in [0.2, 0.25) is 5.91 Å². The lowest BCUT2D eigenvalue weighted by molar-refractivity contribution is -0.133. The molecule has 0 radical (unpaired) electrons. The van der Waals surface area contributed by atoms with E-state index < -0.39 is 0 Å². The van der Waals surface area contributed by atoms with Crippen LogP contribution in [0.1, 0.15) is 58.0 Å². The highest BCUT2D eigenvalue weighted by atomic mass is 32.1. The van der Waals surface area contributed by atoms with Gasteiger partial charge >= 0.3 is 0 Å². The van der Waals surface area contributed by atoms with Crippen molar-refractivity contribution in [1.29, 1.82) is 0 Å². The Hall–Kier alpha value is -0.870. The first-order valence-electron chi connectivity index (χ1n) is 7.75. The molecule has 0 bridgehead atoms. The van der Waals surface area contributed by atoms with Crippen molar-refractivity contribution < 1.29 is 4.79 Å². The first-order chi connectivity index (χ1) is 9.63. The van der Waals surface area contributed by atoms with Gasteiger partial charge in [0.15, 0.2) is 0 Å². The van der Waals surface area contributed by atoms with Crippen LogP contribution in [-0.4, -0.2) is 22.9 Å². The number of carbonyl (C=O) groups excluding carboxylic acids is 1. The van der Waals surface area contributed by atoms with Crippen molar-refractivity contribution in [3.63, 3.8) is 0 Å². The Balaban J connectivity index is 2.27. The van der Waals surface area contributed by atoms with E-state index in [-0.39, 0.29) is 24.2 Å². The monoisotopic (exact) mass is 294 g/mol. The molecule has 1 aliphatic rings. The molecule has 2 heterocycles. The molecule has 3 atom stereocenters. The zero-order valence-corrected chi connectivity index (χ0v) is 13.7. The Kier molecular flexibility index (Phi) is 5.22. The third kappa shape index (κ3) is 2.77. The van der Waals surface area contributed by atoms with Crippen LogP contribution in [-0.2, 0) is 4.79 Å². The second-order valence-corrected chi connectivity index (χ2v) is 6.59. The molecule has 2 rings (SSSR count). The van der Waals surface area contributed by atoms with E-state index in [2.05, 4.69) is 55.4 Å². The zero-order chi connectivity index (χ0) is 14.7. The Labute approximate surface area is 126 Å². The lowest BCUT2D eigenvalue weighted by Crippen LogP contribution is -2.42. The van der Waals surface area contributed by atoms with Crippen molar-refractivity contribution in [3.05, 3.63) is 22.4 Å². The molecule has 3 unspecified atom stereocenters. The molecule has 0 spiro atoms. The van der Waals surface area contributed by atoms with E-state index in [1.165, 1.54) is 4.88 Å². The van der Waals surface area contributed by atoms with Crippen molar-refractivity contribution in [2.75, 3.05) is 0 Å². The number of carbonyl (C=O) groups is 1. The minimum atomic E-state index is -0.0288. The molecule has 1 aliphatic heterocycles. The normalized spacial score (nSPS) is 24.6. The molecule has 0 aliphatic carbocycles. The van der Waals surface area contributed by atoms with Crippen LogP contribution in [0.15, 0.2) is 17.5 Å². The van der Waals surface area contributed by atoms with Gasteiger partial charge in [-0.1, -0.05) is 39.7 Å². The molecule has 0 aromatic carbocycles. The molecule has 112 valence electrons. The summed E-state index contributed by atoms with van der Waals surface area (Å²) >= 11 is 1.73. The largest absolute Gasteiger partial charge is 0.318 e. The van der Waals surface area contributed by atoms with Crippen molar-refractivity contribution in [1.82, 2.24) is 10.2 Å². The number of thiophene rings is 1. The Morgan fingerprint density at radius 1 is 1.35 bits per heavy atom. The second kappa shape index (κ2) is 6.72. The van der Waals surface area contributed by atoms with Gasteiger partial charge in [-0.3, -0.25) is 10.1 Å². The fourth-order valence-electron chi connectivity index (χ4n) is 3.24. The quantitative estimate of drug-likeness (QED) is 0.866. The third-order valence-corrected chi connectivity index (χ3v) is 5.51. The molecule has 1 amide bonds. The van der Waals surface area contributed by atoms with E-state index in [0.717, 1.165) is 19.3 Å². The smallest absolute Gasteiger partial charge is 0.241 e. The summed E-state index contributed by atoms with van der Waals surface area (Å²) in [6.07, 6.45) is 3.15. The lowest BCUT2D eigenvalue weighted by atomic mass is 9.94. The summed E-state index contributed by atoms with van der Waals surface area (Å²) in [6, 6.07) is 4.44. The molecule has 3 nitrogen and oxygen atoms in total. The number of hydrogen-bond donors (Lipinski definition) is 1. The minimum absolute atomic E-state index is 0.0288. The fraction of sp³-hybridized carbons (Fsp3) is 0.688. The van der Waals surface area contributed by atoms with E-state index in [1.54, 1.807) is 11.3 Å². The average molecular weight is 294 g/mol. The number of hydrogen-bond acceptors (Lipinski definition) is 3. The number of amides is 1. The minimum Gasteiger partial charge on any atom is -0.318 e. The van der Waals surface area contributed by atoms with Crippen molar-refractivity contribution in [2.24, 2.45) is 5.92 Å². The SMILES string of the molecule is CCC1NC(c2cccs2)N(C(C)C(CC)CC)C1=O. The molecule has 1 aromatic heterocycles. The summed E-state index contributed by atoms with van der Waals surface area (Å²) in [6.45, 7) is 8.72. The van der Waals surface area contributed by atoms with Gasteiger partial charge in [0.05, 0.1) is 6.04 Å². The summed E-state index contributed by atoms with van der Waals surface area (Å²) < 4.78 is 0. The molecule has 1 N–H and O–H groups in total. The maximum atomic E-state index is 12.7. The van der Waals surface area contributed by atoms with Gasteiger partial charge < -0.3 is 4.90 Å². The van der Waals surface area contributed by atoms with Crippen LogP contribution in [0.3, 0.4) is 0 Å². The topological polar surface area (TPSA) is 32.3 Å². The van der Waals surface area contributed by atoms with E-state index in [4.69, 9.17) is 0 Å². The molecule has 20 heavy (non-hydrogen) atoms. The van der Waals surface area contributed by atoms with Crippen LogP contribution in [0, 0.1) is 5.92 Å². The highest BCUT2D eigenvalue weighted by molar-refractivity contribution is 7.10. The maximum absolute atomic E-state index is 12.7. The summed E-state index contributed by atoms with van der Waals surface area (Å²) in [5, 5.41) is 5.60. The second-order valence-electron chi connectivity index (χ2n) is 5.61. The predicted octanol–water partition coefficient (Wildman–Crippen LogP) is 3.78. The highest BCUT2D eigenvalue weighted by Gasteiger charge is 2.42. The van der Waals surface area contributed by atoms with E-state index in [9.17, 15) is 4.79 Å². The Morgan fingerprint density at radius 2 is 2.05 bits per heavy atom. The first-order valence-corrected chi connectivity index (χ1v) is 8.63. The molecule has 0 saturated carbocycles. The average Bonchev–Trinajstić information content (AvgIpc) is 3.07. The summed E-state index contributed by atoms with van der Waals surface area (Å²) in [7, 11) is 0. The van der Waals surface area contributed by atoms with Gasteiger partial charge in [0.25, 0.3) is 0 Å².